The van der Waals surface area contributed by atoms with E-state index in [-0.39, 0.29) is 12.3 Å². The van der Waals surface area contributed by atoms with Crippen molar-refractivity contribution in [3.8, 4) is 6.07 Å². The van der Waals surface area contributed by atoms with E-state index in [1.165, 1.54) is 7.11 Å². The van der Waals surface area contributed by atoms with Crippen LogP contribution in [-0.4, -0.2) is 37.0 Å². The van der Waals surface area contributed by atoms with Crippen molar-refractivity contribution in [2.75, 3.05) is 20.2 Å². The number of ether oxygens (including phenoxy) is 1. The van der Waals surface area contributed by atoms with Crippen molar-refractivity contribution < 1.29 is 14.3 Å². The number of hydrogen-bond donors (Lipinski definition) is 0. The number of carbonyl (C=O) groups is 2. The highest BCUT2D eigenvalue weighted by Gasteiger charge is 2.23. The normalized spacial score (nSPS) is 16.1. The molecule has 0 bridgehead atoms. The summed E-state index contributed by atoms with van der Waals surface area (Å²) < 4.78 is 4.48. The van der Waals surface area contributed by atoms with Crippen LogP contribution >= 0.6 is 0 Å². The highest BCUT2D eigenvalue weighted by molar-refractivity contribution is 5.94. The minimum Gasteiger partial charge on any atom is -0.469 e. The van der Waals surface area contributed by atoms with Crippen molar-refractivity contribution in [1.82, 2.24) is 4.90 Å². The molecule has 0 radical (unpaired) electrons. The molecule has 0 aliphatic carbocycles. The first-order valence-electron chi connectivity index (χ1n) is 6.39. The molecule has 0 aromatic heterocycles. The molecule has 5 heteroatoms. The summed E-state index contributed by atoms with van der Waals surface area (Å²) in [5.41, 5.74) is 0. The Morgan fingerprint density at radius 3 is 2.61 bits per heavy atom. The Bertz CT molecular complexity index is 328. The molecule has 0 N–H and O–H groups in total. The van der Waals surface area contributed by atoms with E-state index in [9.17, 15) is 9.59 Å². The summed E-state index contributed by atoms with van der Waals surface area (Å²) in [6.07, 6.45) is 4.40. The SMILES string of the molecule is COC(=O)CC(=O)N1CCC(CCCC#N)CC1. The van der Waals surface area contributed by atoms with Gasteiger partial charge < -0.3 is 9.64 Å². The van der Waals surface area contributed by atoms with Crippen molar-refractivity contribution in [2.45, 2.75) is 38.5 Å². The number of hydrogen-bond acceptors (Lipinski definition) is 4. The molecular formula is C13H20N2O3. The van der Waals surface area contributed by atoms with Crippen LogP contribution < -0.4 is 0 Å². The lowest BCUT2D eigenvalue weighted by Crippen LogP contribution is -2.39. The number of carbonyl (C=O) groups excluding carboxylic acids is 2. The predicted octanol–water partition coefficient (Wildman–Crippen LogP) is 1.48. The maximum atomic E-state index is 11.7. The van der Waals surface area contributed by atoms with Crippen LogP contribution in [0.25, 0.3) is 0 Å². The van der Waals surface area contributed by atoms with Gasteiger partial charge in [-0.05, 0) is 31.6 Å². The van der Waals surface area contributed by atoms with Crippen LogP contribution in [0.15, 0.2) is 0 Å². The van der Waals surface area contributed by atoms with E-state index in [0.717, 1.165) is 25.7 Å². The number of likely N-dealkylation sites (tertiary alicyclic amines) is 1. The van der Waals surface area contributed by atoms with Gasteiger partial charge in [-0.3, -0.25) is 9.59 Å². The smallest absolute Gasteiger partial charge is 0.315 e. The summed E-state index contributed by atoms with van der Waals surface area (Å²) in [6.45, 7) is 1.43. The van der Waals surface area contributed by atoms with E-state index in [2.05, 4.69) is 10.8 Å². The average Bonchev–Trinajstić information content (AvgIpc) is 2.39. The maximum Gasteiger partial charge on any atom is 0.315 e. The Balaban J connectivity index is 2.24. The van der Waals surface area contributed by atoms with Crippen molar-refractivity contribution in [3.63, 3.8) is 0 Å². The standard InChI is InChI=1S/C13H20N2O3/c1-18-13(17)10-12(16)15-8-5-11(6-9-15)4-2-3-7-14/h11H,2-6,8-10H2,1H3. The quantitative estimate of drug-likeness (QED) is 0.422. The Labute approximate surface area is 108 Å². The van der Waals surface area contributed by atoms with Gasteiger partial charge in [0, 0.05) is 19.5 Å². The number of piperidine rings is 1. The summed E-state index contributed by atoms with van der Waals surface area (Å²) in [5.74, 6) is -0.00556. The third-order valence-electron chi connectivity index (χ3n) is 3.39. The number of esters is 1. The fourth-order valence-corrected chi connectivity index (χ4v) is 2.25. The van der Waals surface area contributed by atoms with Gasteiger partial charge in [-0.25, -0.2) is 0 Å². The second-order valence-electron chi connectivity index (χ2n) is 4.63. The topological polar surface area (TPSA) is 70.4 Å². The molecule has 1 amide bonds. The fourth-order valence-electron chi connectivity index (χ4n) is 2.25. The summed E-state index contributed by atoms with van der Waals surface area (Å²) in [7, 11) is 1.29. The molecule has 0 unspecified atom stereocenters. The number of nitrogens with zero attached hydrogens (tertiary/aromatic N) is 2. The third-order valence-corrected chi connectivity index (χ3v) is 3.39. The van der Waals surface area contributed by atoms with Crippen LogP contribution in [0.5, 0.6) is 0 Å². The largest absolute Gasteiger partial charge is 0.469 e. The van der Waals surface area contributed by atoms with Gasteiger partial charge in [-0.15, -0.1) is 0 Å². The lowest BCUT2D eigenvalue weighted by atomic mass is 9.91. The molecule has 1 fully saturated rings. The van der Waals surface area contributed by atoms with Gasteiger partial charge in [0.1, 0.15) is 6.42 Å². The molecule has 18 heavy (non-hydrogen) atoms. The minimum absolute atomic E-state index is 0.141. The van der Waals surface area contributed by atoms with Crippen molar-refractivity contribution in [1.29, 1.82) is 5.26 Å². The van der Waals surface area contributed by atoms with Gasteiger partial charge in [-0.1, -0.05) is 0 Å². The van der Waals surface area contributed by atoms with Crippen molar-refractivity contribution in [2.24, 2.45) is 5.92 Å². The summed E-state index contributed by atoms with van der Waals surface area (Å²) in [4.78, 5) is 24.5. The lowest BCUT2D eigenvalue weighted by molar-refractivity contribution is -0.147. The van der Waals surface area contributed by atoms with Crippen LogP contribution in [-0.2, 0) is 14.3 Å². The van der Waals surface area contributed by atoms with E-state index < -0.39 is 5.97 Å². The monoisotopic (exact) mass is 252 g/mol. The Morgan fingerprint density at radius 1 is 1.39 bits per heavy atom. The predicted molar refractivity (Wildman–Crippen MR) is 65.4 cm³/mol. The van der Waals surface area contributed by atoms with Gasteiger partial charge in [0.25, 0.3) is 0 Å². The van der Waals surface area contributed by atoms with Crippen LogP contribution in [0.4, 0.5) is 0 Å². The highest BCUT2D eigenvalue weighted by atomic mass is 16.5. The number of methoxy groups -OCH3 is 1. The number of rotatable bonds is 5. The number of amides is 1. The maximum absolute atomic E-state index is 11.7. The summed E-state index contributed by atoms with van der Waals surface area (Å²) >= 11 is 0. The van der Waals surface area contributed by atoms with Gasteiger partial charge >= 0.3 is 5.97 Å². The molecule has 0 spiro atoms. The lowest BCUT2D eigenvalue weighted by Gasteiger charge is -2.31. The van der Waals surface area contributed by atoms with Crippen LogP contribution in [0.3, 0.4) is 0 Å². The van der Waals surface area contributed by atoms with Crippen LogP contribution in [0.2, 0.25) is 0 Å². The minimum atomic E-state index is -0.476. The van der Waals surface area contributed by atoms with Crippen molar-refractivity contribution >= 4 is 11.9 Å². The molecule has 1 aliphatic rings. The molecule has 5 nitrogen and oxygen atoms in total. The molecule has 0 aromatic rings. The second-order valence-corrected chi connectivity index (χ2v) is 4.63. The van der Waals surface area contributed by atoms with Gasteiger partial charge in [0.2, 0.25) is 5.91 Å². The Morgan fingerprint density at radius 2 is 2.06 bits per heavy atom. The highest BCUT2D eigenvalue weighted by Crippen LogP contribution is 2.22. The van der Waals surface area contributed by atoms with E-state index in [1.54, 1.807) is 4.90 Å². The van der Waals surface area contributed by atoms with Gasteiger partial charge in [0.05, 0.1) is 13.2 Å². The first-order chi connectivity index (χ1) is 8.67. The average molecular weight is 252 g/mol. The molecule has 1 aliphatic heterocycles. The van der Waals surface area contributed by atoms with E-state index in [1.807, 2.05) is 0 Å². The molecular weight excluding hydrogens is 232 g/mol. The molecule has 1 rings (SSSR count). The van der Waals surface area contributed by atoms with E-state index >= 15 is 0 Å². The molecule has 0 saturated carbocycles. The van der Waals surface area contributed by atoms with E-state index in [0.29, 0.717) is 25.4 Å². The molecule has 0 aromatic carbocycles. The molecule has 100 valence electrons. The first kappa shape index (κ1) is 14.5. The van der Waals surface area contributed by atoms with Crippen LogP contribution in [0.1, 0.15) is 38.5 Å². The third kappa shape index (κ3) is 4.74. The van der Waals surface area contributed by atoms with Crippen molar-refractivity contribution in [3.05, 3.63) is 0 Å². The van der Waals surface area contributed by atoms with Gasteiger partial charge in [-0.2, -0.15) is 5.26 Å². The molecule has 0 atom stereocenters. The van der Waals surface area contributed by atoms with Gasteiger partial charge in [0.15, 0.2) is 0 Å². The Hall–Kier alpha value is -1.57. The Kier molecular flexibility index (Phi) is 6.20. The number of nitriles is 1. The fraction of sp³-hybridized carbons (Fsp3) is 0.769. The van der Waals surface area contributed by atoms with Crippen LogP contribution in [0, 0.1) is 17.2 Å². The second kappa shape index (κ2) is 7.70. The molecule has 1 saturated heterocycles. The zero-order valence-corrected chi connectivity index (χ0v) is 10.9. The summed E-state index contributed by atoms with van der Waals surface area (Å²) in [6, 6.07) is 2.15. The summed E-state index contributed by atoms with van der Waals surface area (Å²) in [5, 5.41) is 8.47. The zero-order valence-electron chi connectivity index (χ0n) is 10.9. The molecule has 1 heterocycles. The number of unbranched alkanes of at least 4 members (excludes halogenated alkanes) is 1. The van der Waals surface area contributed by atoms with E-state index in [4.69, 9.17) is 5.26 Å². The zero-order chi connectivity index (χ0) is 13.4. The first-order valence-corrected chi connectivity index (χ1v) is 6.39.